The molecule has 1 aliphatic rings. The summed E-state index contributed by atoms with van der Waals surface area (Å²) in [5, 5.41) is 24.6. The van der Waals surface area contributed by atoms with E-state index in [1.807, 2.05) is 69.3 Å². The first-order valence-corrected chi connectivity index (χ1v) is 11.4. The number of hydrogen-bond donors (Lipinski definition) is 3. The van der Waals surface area contributed by atoms with Crippen molar-refractivity contribution >= 4 is 11.6 Å². The van der Waals surface area contributed by atoms with Crippen molar-refractivity contribution in [3.05, 3.63) is 112 Å². The predicted molar refractivity (Wildman–Crippen MR) is 136 cm³/mol. The van der Waals surface area contributed by atoms with E-state index >= 15 is 0 Å². The summed E-state index contributed by atoms with van der Waals surface area (Å²) in [6.45, 7) is 7.60. The summed E-state index contributed by atoms with van der Waals surface area (Å²) >= 11 is 0. The lowest BCUT2D eigenvalue weighted by Gasteiger charge is -2.30. The molecule has 0 radical (unpaired) electrons. The number of phenols is 2. The molecule has 3 N–H and O–H groups in total. The van der Waals surface area contributed by atoms with Gasteiger partial charge in [0.15, 0.2) is 0 Å². The first kappa shape index (κ1) is 21.8. The normalized spacial score (nSPS) is 16.9. The highest BCUT2D eigenvalue weighted by molar-refractivity contribution is 6.12. The van der Waals surface area contributed by atoms with E-state index in [1.54, 1.807) is 6.07 Å². The molecule has 4 aromatic rings. The van der Waals surface area contributed by atoms with Gasteiger partial charge in [0.05, 0.1) is 0 Å². The molecule has 4 aromatic carbocycles. The zero-order chi connectivity index (χ0) is 24.2. The lowest BCUT2D eigenvalue weighted by molar-refractivity contribution is -0.118. The molecule has 1 atom stereocenters. The number of rotatable bonds is 3. The number of phenolic OH excluding ortho intramolecular Hbond substituents is 2. The van der Waals surface area contributed by atoms with Gasteiger partial charge in [0.25, 0.3) is 0 Å². The highest BCUT2D eigenvalue weighted by Crippen LogP contribution is 2.51. The Morgan fingerprint density at radius 1 is 0.706 bits per heavy atom. The summed E-state index contributed by atoms with van der Waals surface area (Å²) < 4.78 is 0. The van der Waals surface area contributed by atoms with E-state index in [0.717, 1.165) is 27.8 Å². The topological polar surface area (TPSA) is 69.6 Å². The minimum absolute atomic E-state index is 0.0640. The molecule has 0 saturated heterocycles. The molecule has 1 unspecified atom stereocenters. The van der Waals surface area contributed by atoms with Crippen LogP contribution in [-0.4, -0.2) is 16.1 Å². The van der Waals surface area contributed by atoms with E-state index in [0.29, 0.717) is 27.9 Å². The lowest BCUT2D eigenvalue weighted by Crippen LogP contribution is -2.37. The number of nitrogens with one attached hydrogen (secondary N) is 1. The summed E-state index contributed by atoms with van der Waals surface area (Å²) in [7, 11) is 0. The number of anilines is 1. The number of fused-ring (bicyclic) bond motifs is 1. The Kier molecular flexibility index (Phi) is 4.98. The molecule has 34 heavy (non-hydrogen) atoms. The van der Waals surface area contributed by atoms with Gasteiger partial charge in [0.1, 0.15) is 16.9 Å². The van der Waals surface area contributed by atoms with Crippen LogP contribution in [0.2, 0.25) is 0 Å². The Morgan fingerprint density at radius 3 is 2.03 bits per heavy atom. The monoisotopic (exact) mass is 449 g/mol. The van der Waals surface area contributed by atoms with Gasteiger partial charge < -0.3 is 15.5 Å². The van der Waals surface area contributed by atoms with Crippen molar-refractivity contribution < 1.29 is 15.0 Å². The van der Waals surface area contributed by atoms with Crippen LogP contribution >= 0.6 is 0 Å². The fourth-order valence-electron chi connectivity index (χ4n) is 5.16. The third-order valence-electron chi connectivity index (χ3n) is 6.85. The molecule has 0 saturated carbocycles. The second kappa shape index (κ2) is 7.77. The largest absolute Gasteiger partial charge is 0.508 e. The molecule has 0 aromatic heterocycles. The Balaban J connectivity index is 1.81. The molecule has 1 amide bonds. The lowest BCUT2D eigenvalue weighted by atomic mass is 9.69. The second-order valence-corrected chi connectivity index (χ2v) is 9.31. The summed E-state index contributed by atoms with van der Waals surface area (Å²) in [5.41, 5.74) is 6.97. The molecule has 4 nitrogen and oxygen atoms in total. The summed E-state index contributed by atoms with van der Waals surface area (Å²) in [5.74, 6) is 0.0436. The van der Waals surface area contributed by atoms with Crippen molar-refractivity contribution in [1.29, 1.82) is 0 Å². The van der Waals surface area contributed by atoms with Gasteiger partial charge in [0.2, 0.25) is 5.91 Å². The zero-order valence-electron chi connectivity index (χ0n) is 19.7. The van der Waals surface area contributed by atoms with E-state index in [1.165, 1.54) is 0 Å². The van der Waals surface area contributed by atoms with Crippen LogP contribution in [0.3, 0.4) is 0 Å². The molecule has 1 heterocycles. The van der Waals surface area contributed by atoms with Crippen molar-refractivity contribution in [3.8, 4) is 22.6 Å². The SMILES string of the molecule is Cc1cccc(-c2ccc3c(c2)NC(=O)C3(c2cc(C)c(O)c(C)c2)c2ccc(C)cc2O)c1. The average Bonchev–Trinajstić information content (AvgIpc) is 3.08. The maximum Gasteiger partial charge on any atom is 0.244 e. The van der Waals surface area contributed by atoms with Crippen molar-refractivity contribution in [2.45, 2.75) is 33.1 Å². The smallest absolute Gasteiger partial charge is 0.244 e. The number of amides is 1. The maximum atomic E-state index is 13.9. The number of carbonyl (C=O) groups excluding carboxylic acids is 1. The molecule has 0 spiro atoms. The molecular formula is C30H27NO3. The Bertz CT molecular complexity index is 1450. The average molecular weight is 450 g/mol. The number of benzene rings is 4. The molecule has 4 heteroatoms. The molecule has 170 valence electrons. The summed E-state index contributed by atoms with van der Waals surface area (Å²) in [6.07, 6.45) is 0. The molecular weight excluding hydrogens is 422 g/mol. The van der Waals surface area contributed by atoms with Crippen LogP contribution in [0, 0.1) is 27.7 Å². The van der Waals surface area contributed by atoms with Gasteiger partial charge in [-0.1, -0.05) is 66.2 Å². The van der Waals surface area contributed by atoms with Gasteiger partial charge in [-0.3, -0.25) is 4.79 Å². The Hall–Kier alpha value is -4.05. The molecule has 0 fully saturated rings. The maximum absolute atomic E-state index is 13.9. The molecule has 0 aliphatic carbocycles. The Labute approximate surface area is 199 Å². The summed E-state index contributed by atoms with van der Waals surface area (Å²) in [6, 6.07) is 23.3. The van der Waals surface area contributed by atoms with E-state index in [2.05, 4.69) is 30.4 Å². The number of aromatic hydroxyl groups is 2. The van der Waals surface area contributed by atoms with E-state index in [9.17, 15) is 15.0 Å². The van der Waals surface area contributed by atoms with Gasteiger partial charge in [-0.25, -0.2) is 0 Å². The number of hydrogen-bond acceptors (Lipinski definition) is 3. The van der Waals surface area contributed by atoms with E-state index in [-0.39, 0.29) is 17.4 Å². The number of aryl methyl sites for hydroxylation is 4. The standard InChI is InChI=1S/C30H27NO3/c1-17-6-5-7-21(12-17)22-9-11-24-26(16-22)31-29(34)30(24,25-10-8-18(2)13-27(25)32)23-14-19(3)28(33)20(4)15-23/h5-16,32-33H,1-4H3,(H,31,34). The summed E-state index contributed by atoms with van der Waals surface area (Å²) in [4.78, 5) is 13.9. The van der Waals surface area contributed by atoms with Gasteiger partial charge in [0, 0.05) is 16.8 Å². The van der Waals surface area contributed by atoms with Crippen molar-refractivity contribution in [2.24, 2.45) is 0 Å². The van der Waals surface area contributed by atoms with Crippen LogP contribution in [0.15, 0.2) is 72.8 Å². The fourth-order valence-corrected chi connectivity index (χ4v) is 5.16. The van der Waals surface area contributed by atoms with Crippen LogP contribution in [0.5, 0.6) is 11.5 Å². The van der Waals surface area contributed by atoms with Gasteiger partial charge in [-0.05, 0) is 73.2 Å². The van der Waals surface area contributed by atoms with Crippen molar-refractivity contribution in [3.63, 3.8) is 0 Å². The predicted octanol–water partition coefficient (Wildman–Crippen LogP) is 6.28. The van der Waals surface area contributed by atoms with Gasteiger partial charge >= 0.3 is 0 Å². The van der Waals surface area contributed by atoms with Gasteiger partial charge in [-0.2, -0.15) is 0 Å². The molecule has 1 aliphatic heterocycles. The Morgan fingerprint density at radius 2 is 1.35 bits per heavy atom. The van der Waals surface area contributed by atoms with Crippen LogP contribution in [0.4, 0.5) is 5.69 Å². The third kappa shape index (κ3) is 3.18. The van der Waals surface area contributed by atoms with Crippen molar-refractivity contribution in [2.75, 3.05) is 5.32 Å². The van der Waals surface area contributed by atoms with Crippen molar-refractivity contribution in [1.82, 2.24) is 0 Å². The minimum Gasteiger partial charge on any atom is -0.508 e. The fraction of sp³-hybridized carbons (Fsp3) is 0.167. The van der Waals surface area contributed by atoms with Gasteiger partial charge in [-0.15, -0.1) is 0 Å². The van der Waals surface area contributed by atoms with Crippen LogP contribution in [0.1, 0.15) is 38.9 Å². The first-order valence-electron chi connectivity index (χ1n) is 11.4. The highest BCUT2D eigenvalue weighted by atomic mass is 16.3. The molecule has 0 bridgehead atoms. The first-order chi connectivity index (χ1) is 16.2. The molecule has 5 rings (SSSR count). The van der Waals surface area contributed by atoms with Crippen LogP contribution < -0.4 is 5.32 Å². The third-order valence-corrected chi connectivity index (χ3v) is 6.85. The van der Waals surface area contributed by atoms with Crippen LogP contribution in [0.25, 0.3) is 11.1 Å². The zero-order valence-corrected chi connectivity index (χ0v) is 19.7. The minimum atomic E-state index is -1.25. The highest BCUT2D eigenvalue weighted by Gasteiger charge is 2.51. The quantitative estimate of drug-likeness (QED) is 0.344. The van der Waals surface area contributed by atoms with Crippen LogP contribution in [-0.2, 0) is 10.2 Å². The van der Waals surface area contributed by atoms with E-state index < -0.39 is 5.41 Å². The number of carbonyl (C=O) groups is 1. The second-order valence-electron chi connectivity index (χ2n) is 9.31. The van der Waals surface area contributed by atoms with E-state index in [4.69, 9.17) is 0 Å².